The van der Waals surface area contributed by atoms with Crippen molar-refractivity contribution in [3.8, 4) is 0 Å². The highest BCUT2D eigenvalue weighted by Gasteiger charge is 2.39. The maximum absolute atomic E-state index is 13.6. The summed E-state index contributed by atoms with van der Waals surface area (Å²) in [7, 11) is -5.10. The molecule has 26 heavy (non-hydrogen) atoms. The molecule has 0 radical (unpaired) electrons. The van der Waals surface area contributed by atoms with E-state index in [-0.39, 0.29) is 16.1 Å². The van der Waals surface area contributed by atoms with Gasteiger partial charge in [0.2, 0.25) is 17.4 Å². The number of hydrogen-bond donors (Lipinski definition) is 1. The number of carbonyl (C=O) groups is 1. The number of benzene rings is 2. The Balaban J connectivity index is 1.96. The van der Waals surface area contributed by atoms with Crippen molar-refractivity contribution in [3.63, 3.8) is 0 Å². The fourth-order valence-electron chi connectivity index (χ4n) is 2.15. The van der Waals surface area contributed by atoms with Gasteiger partial charge in [0.25, 0.3) is 0 Å². The van der Waals surface area contributed by atoms with E-state index in [1.165, 1.54) is 24.3 Å². The van der Waals surface area contributed by atoms with Gasteiger partial charge in [0.15, 0.2) is 6.08 Å². The predicted octanol–water partition coefficient (Wildman–Crippen LogP) is 2.79. The SMILES string of the molecule is [2H]C([2H])(c1ccccc1)S(=O)(=O)OC1=C(N)O[C@@]([2H])(c2cc(F)cc(Cl)c2)C1=O. The Morgan fingerprint density at radius 1 is 1.31 bits per heavy atom. The van der Waals surface area contributed by atoms with Crippen LogP contribution in [0.3, 0.4) is 0 Å². The minimum atomic E-state index is -5.10. The molecule has 2 aromatic rings. The summed E-state index contributed by atoms with van der Waals surface area (Å²) < 4.78 is 72.3. The zero-order valence-electron chi connectivity index (χ0n) is 15.9. The lowest BCUT2D eigenvalue weighted by Gasteiger charge is -2.10. The molecule has 0 aliphatic carbocycles. The third-order valence-corrected chi connectivity index (χ3v) is 4.27. The number of carbonyl (C=O) groups excluding carboxylic acids is 1. The van der Waals surface area contributed by atoms with Gasteiger partial charge in [-0.25, -0.2) is 4.39 Å². The third-order valence-electron chi connectivity index (χ3n) is 3.18. The second kappa shape index (κ2) is 6.97. The second-order valence-corrected chi connectivity index (χ2v) is 6.83. The molecule has 9 heteroatoms. The van der Waals surface area contributed by atoms with Gasteiger partial charge in [-0.3, -0.25) is 4.79 Å². The third kappa shape index (κ3) is 3.97. The number of rotatable bonds is 5. The zero-order chi connectivity index (χ0) is 21.6. The largest absolute Gasteiger partial charge is 0.460 e. The lowest BCUT2D eigenvalue weighted by molar-refractivity contribution is -0.123. The van der Waals surface area contributed by atoms with Gasteiger partial charge in [-0.2, -0.15) is 8.42 Å². The molecule has 0 spiro atoms. The highest BCUT2D eigenvalue weighted by atomic mass is 35.5. The summed E-state index contributed by atoms with van der Waals surface area (Å²) in [6, 6.07) is 9.63. The molecule has 0 amide bonds. The van der Waals surface area contributed by atoms with Crippen LogP contribution in [0.5, 0.6) is 0 Å². The first-order valence-corrected chi connectivity index (χ1v) is 8.87. The molecule has 1 atom stereocenters. The van der Waals surface area contributed by atoms with Crippen LogP contribution in [0.15, 0.2) is 60.2 Å². The van der Waals surface area contributed by atoms with Crippen LogP contribution in [0.1, 0.15) is 21.3 Å². The van der Waals surface area contributed by atoms with E-state index >= 15 is 0 Å². The molecule has 0 saturated carbocycles. The molecule has 0 bridgehead atoms. The van der Waals surface area contributed by atoms with E-state index in [0.29, 0.717) is 0 Å². The Labute approximate surface area is 158 Å². The number of halogens is 2. The van der Waals surface area contributed by atoms with E-state index in [1.807, 2.05) is 0 Å². The maximum Gasteiger partial charge on any atom is 0.313 e. The average molecular weight is 401 g/mol. The van der Waals surface area contributed by atoms with Gasteiger partial charge in [0.05, 0.1) is 4.11 Å². The summed E-state index contributed by atoms with van der Waals surface area (Å²) in [6.07, 6.45) is -2.65. The summed E-state index contributed by atoms with van der Waals surface area (Å²) in [5.41, 5.74) is 1.88. The Morgan fingerprint density at radius 2 is 2.00 bits per heavy atom. The number of ether oxygens (including phenoxy) is 1. The Hall–Kier alpha value is -2.58. The molecule has 0 fully saturated rings. The molecule has 0 saturated heterocycles. The van der Waals surface area contributed by atoms with Crippen LogP contribution in [0.4, 0.5) is 4.39 Å². The second-order valence-electron chi connectivity index (χ2n) is 5.12. The molecule has 6 nitrogen and oxygen atoms in total. The van der Waals surface area contributed by atoms with Gasteiger partial charge in [-0.1, -0.05) is 41.9 Å². The Bertz CT molecular complexity index is 1110. The first-order chi connectivity index (χ1) is 13.4. The van der Waals surface area contributed by atoms with Crippen LogP contribution in [0.2, 0.25) is 5.02 Å². The maximum atomic E-state index is 13.6. The molecule has 0 aromatic heterocycles. The van der Waals surface area contributed by atoms with Crippen molar-refractivity contribution in [2.24, 2.45) is 5.73 Å². The summed E-state index contributed by atoms with van der Waals surface area (Å²) >= 11 is 5.73. The molecule has 3 rings (SSSR count). The number of ketones is 1. The summed E-state index contributed by atoms with van der Waals surface area (Å²) in [6.45, 7) is 0. The van der Waals surface area contributed by atoms with Crippen LogP contribution in [0, 0.1) is 5.82 Å². The van der Waals surface area contributed by atoms with Crippen LogP contribution in [0.25, 0.3) is 0 Å². The molecule has 2 aromatic carbocycles. The molecular formula is C17H13ClFNO5S. The van der Waals surface area contributed by atoms with Crippen LogP contribution >= 0.6 is 11.6 Å². The number of nitrogens with two attached hydrogens (primary N) is 1. The highest BCUT2D eigenvalue weighted by Crippen LogP contribution is 2.34. The van der Waals surface area contributed by atoms with Crippen molar-refractivity contribution in [2.45, 2.75) is 11.8 Å². The highest BCUT2D eigenvalue weighted by molar-refractivity contribution is 7.86. The summed E-state index contributed by atoms with van der Waals surface area (Å²) in [5.74, 6) is -4.17. The van der Waals surface area contributed by atoms with Crippen LogP contribution in [-0.4, -0.2) is 14.2 Å². The van der Waals surface area contributed by atoms with Gasteiger partial charge in [-0.05, 0) is 23.8 Å². The molecule has 1 heterocycles. The average Bonchev–Trinajstić information content (AvgIpc) is 2.85. The molecule has 0 unspecified atom stereocenters. The van der Waals surface area contributed by atoms with E-state index < -0.39 is 45.1 Å². The van der Waals surface area contributed by atoms with E-state index in [0.717, 1.165) is 18.2 Å². The fraction of sp³-hybridized carbons (Fsp3) is 0.118. The Morgan fingerprint density at radius 3 is 2.65 bits per heavy atom. The molecule has 1 aliphatic rings. The zero-order valence-corrected chi connectivity index (χ0v) is 14.5. The van der Waals surface area contributed by atoms with Gasteiger partial charge in [0.1, 0.15) is 11.5 Å². The lowest BCUT2D eigenvalue weighted by Crippen LogP contribution is -2.16. The van der Waals surface area contributed by atoms with E-state index in [9.17, 15) is 17.6 Å². The normalized spacial score (nSPS) is 22.4. The molecule has 136 valence electrons. The Kier molecular flexibility index (Phi) is 3.91. The van der Waals surface area contributed by atoms with Gasteiger partial charge in [0, 0.05) is 10.6 Å². The molecular weight excluding hydrogens is 385 g/mol. The van der Waals surface area contributed by atoms with Crippen molar-refractivity contribution >= 4 is 27.5 Å². The fourth-order valence-corrected chi connectivity index (χ4v) is 3.22. The molecule has 1 aliphatic heterocycles. The summed E-state index contributed by atoms with van der Waals surface area (Å²) in [5, 5.41) is -0.135. The van der Waals surface area contributed by atoms with Gasteiger partial charge >= 0.3 is 10.1 Å². The van der Waals surface area contributed by atoms with Crippen LogP contribution < -0.4 is 5.73 Å². The minimum Gasteiger partial charge on any atom is -0.460 e. The monoisotopic (exact) mass is 400 g/mol. The quantitative estimate of drug-likeness (QED) is 0.775. The standard InChI is InChI=1S/C17H13ClFNO5S/c18-12-6-11(7-13(19)8-12)15-14(21)16(17(20)24-15)25-26(22,23)9-10-4-2-1-3-5-10/h1-8,15H,9,20H2/t15-/m0/s1/i9D2,15D. The van der Waals surface area contributed by atoms with Crippen molar-refractivity contribution in [2.75, 3.05) is 0 Å². The first kappa shape index (κ1) is 14.6. The van der Waals surface area contributed by atoms with Crippen molar-refractivity contribution in [3.05, 3.63) is 82.1 Å². The number of Topliss-reactive ketones (excluding diaryl/α,β-unsaturated/α-hetero) is 1. The topological polar surface area (TPSA) is 95.7 Å². The number of hydrogen-bond acceptors (Lipinski definition) is 6. The van der Waals surface area contributed by atoms with E-state index in [2.05, 4.69) is 4.18 Å². The summed E-state index contributed by atoms with van der Waals surface area (Å²) in [4.78, 5) is 12.7. The first-order valence-electron chi connectivity index (χ1n) is 8.58. The lowest BCUT2D eigenvalue weighted by atomic mass is 10.1. The van der Waals surface area contributed by atoms with E-state index in [4.69, 9.17) is 26.2 Å². The van der Waals surface area contributed by atoms with E-state index in [1.54, 1.807) is 6.07 Å². The van der Waals surface area contributed by atoms with Crippen molar-refractivity contribution < 1.29 is 30.6 Å². The van der Waals surface area contributed by atoms with Crippen LogP contribution in [-0.2, 0) is 29.5 Å². The predicted molar refractivity (Wildman–Crippen MR) is 91.6 cm³/mol. The van der Waals surface area contributed by atoms with Gasteiger partial charge in [-0.15, -0.1) is 0 Å². The smallest absolute Gasteiger partial charge is 0.313 e. The van der Waals surface area contributed by atoms with Gasteiger partial charge < -0.3 is 14.7 Å². The minimum absolute atomic E-state index is 0.135. The van der Waals surface area contributed by atoms with Crippen molar-refractivity contribution in [1.29, 1.82) is 0 Å². The molecule has 2 N–H and O–H groups in total. The van der Waals surface area contributed by atoms with Crippen molar-refractivity contribution in [1.82, 2.24) is 0 Å².